The predicted molar refractivity (Wildman–Crippen MR) is 143 cm³/mol. The van der Waals surface area contributed by atoms with E-state index in [-0.39, 0.29) is 49.0 Å². The van der Waals surface area contributed by atoms with Gasteiger partial charge in [-0.2, -0.15) is 0 Å². The summed E-state index contributed by atoms with van der Waals surface area (Å²) in [6.07, 6.45) is 0.0564. The molecule has 0 radical (unpaired) electrons. The topological polar surface area (TPSA) is 204 Å². The lowest BCUT2D eigenvalue weighted by atomic mass is 10.00. The van der Waals surface area contributed by atoms with Crippen molar-refractivity contribution >= 4 is 30.6 Å². The van der Waals surface area contributed by atoms with Gasteiger partial charge in [0.1, 0.15) is 6.23 Å². The van der Waals surface area contributed by atoms with Gasteiger partial charge in [0.15, 0.2) is 5.12 Å². The number of H-pyrrole nitrogens is 1. The first-order valence-electron chi connectivity index (χ1n) is 12.2. The molecule has 0 spiro atoms. The van der Waals surface area contributed by atoms with Gasteiger partial charge in [-0.25, -0.2) is 14.4 Å². The number of thioether (sulfide) groups is 1. The number of esters is 1. The maximum absolute atomic E-state index is 13.5. The highest BCUT2D eigenvalue weighted by Crippen LogP contribution is 2.45. The van der Waals surface area contributed by atoms with Gasteiger partial charge in [-0.1, -0.05) is 37.6 Å². The Kier molecular flexibility index (Phi) is 12.4. The standard InChI is InChI=1S/C22H35N6O9PS/c1-14-12-28(21(32)25-19(14)30)17-11-15(26-27-23)16(37-17)13-36-38(33,24-8-6-7-18(29)34-5)35-9-10-39-20(31)22(2,3)4/h12,15-17H,6-11,13H2,1-5H3,(H,24,33)(H,25,30,32)/t15-,16+,17+,38?/m0/s1. The van der Waals surface area contributed by atoms with Gasteiger partial charge >= 0.3 is 19.4 Å². The van der Waals surface area contributed by atoms with Gasteiger partial charge in [0.05, 0.1) is 32.5 Å². The highest BCUT2D eigenvalue weighted by atomic mass is 32.2. The van der Waals surface area contributed by atoms with Crippen molar-refractivity contribution in [1.82, 2.24) is 14.6 Å². The van der Waals surface area contributed by atoms with Crippen LogP contribution in [-0.2, 0) is 32.7 Å². The van der Waals surface area contributed by atoms with Gasteiger partial charge in [0.2, 0.25) is 0 Å². The fourth-order valence-electron chi connectivity index (χ4n) is 3.38. The van der Waals surface area contributed by atoms with Crippen LogP contribution in [0.4, 0.5) is 0 Å². The maximum atomic E-state index is 13.5. The van der Waals surface area contributed by atoms with Crippen molar-refractivity contribution in [2.24, 2.45) is 10.5 Å². The molecule has 4 atom stereocenters. The molecular formula is C22H35N6O9PS. The van der Waals surface area contributed by atoms with Crippen LogP contribution in [0.2, 0.25) is 0 Å². The van der Waals surface area contributed by atoms with Crippen LogP contribution in [0.1, 0.15) is 51.8 Å². The van der Waals surface area contributed by atoms with Crippen LogP contribution >= 0.6 is 19.5 Å². The fourth-order valence-corrected chi connectivity index (χ4v) is 5.66. The summed E-state index contributed by atoms with van der Waals surface area (Å²) in [6.45, 7) is 6.59. The normalized spacial score (nSPS) is 20.7. The van der Waals surface area contributed by atoms with E-state index < -0.39 is 48.8 Å². The Hall–Kier alpha value is -2.45. The second-order valence-electron chi connectivity index (χ2n) is 9.72. The molecule has 2 rings (SSSR count). The van der Waals surface area contributed by atoms with Crippen LogP contribution in [0.15, 0.2) is 20.9 Å². The first-order valence-corrected chi connectivity index (χ1v) is 14.7. The number of methoxy groups -OCH3 is 1. The molecule has 0 amide bonds. The summed E-state index contributed by atoms with van der Waals surface area (Å²) in [4.78, 5) is 52.6. The second-order valence-corrected chi connectivity index (χ2v) is 12.6. The average Bonchev–Trinajstić information content (AvgIpc) is 3.27. The molecule has 1 aliphatic heterocycles. The third-order valence-corrected chi connectivity index (χ3v) is 8.42. The lowest BCUT2D eigenvalue weighted by Gasteiger charge is -2.23. The van der Waals surface area contributed by atoms with Crippen molar-refractivity contribution in [3.05, 3.63) is 43.0 Å². The number of carbonyl (C=O) groups excluding carboxylic acids is 2. The minimum atomic E-state index is -3.96. The Bertz CT molecular complexity index is 1220. The predicted octanol–water partition coefficient (Wildman–Crippen LogP) is 2.80. The number of nitrogens with one attached hydrogen (secondary N) is 2. The number of rotatable bonds is 14. The number of aromatic amines is 1. The van der Waals surface area contributed by atoms with Crippen LogP contribution in [0.25, 0.3) is 10.4 Å². The molecule has 1 aromatic heterocycles. The van der Waals surface area contributed by atoms with E-state index in [9.17, 15) is 23.7 Å². The van der Waals surface area contributed by atoms with E-state index in [1.54, 1.807) is 20.8 Å². The Morgan fingerprint density at radius 3 is 2.72 bits per heavy atom. The maximum Gasteiger partial charge on any atom is 0.405 e. The number of aromatic nitrogens is 2. The molecule has 1 saturated heterocycles. The minimum Gasteiger partial charge on any atom is -0.469 e. The SMILES string of the molecule is COC(=O)CCCNP(=O)(OCCSC(=O)C(C)(C)C)OC[C@H]1O[C@@H](n2cc(C)c(=O)[nH]c2=O)C[C@@H]1N=[N+]=[N-]. The van der Waals surface area contributed by atoms with Crippen LogP contribution in [0.3, 0.4) is 0 Å². The molecule has 2 N–H and O–H groups in total. The lowest BCUT2D eigenvalue weighted by molar-refractivity contribution is -0.140. The molecule has 0 bridgehead atoms. The van der Waals surface area contributed by atoms with Gasteiger partial charge in [-0.3, -0.25) is 33.0 Å². The zero-order valence-electron chi connectivity index (χ0n) is 22.6. The molecule has 1 aromatic rings. The Labute approximate surface area is 229 Å². The molecule has 218 valence electrons. The number of nitrogens with zero attached hydrogens (tertiary/aromatic N) is 4. The van der Waals surface area contributed by atoms with Gasteiger partial charge in [-0.05, 0) is 18.9 Å². The number of hydrogen-bond acceptors (Lipinski definition) is 11. The third-order valence-electron chi connectivity index (χ3n) is 5.55. The van der Waals surface area contributed by atoms with Crippen LogP contribution < -0.4 is 16.3 Å². The number of ether oxygens (including phenoxy) is 2. The van der Waals surface area contributed by atoms with E-state index in [1.165, 1.54) is 24.8 Å². The zero-order chi connectivity index (χ0) is 29.2. The number of aryl methyl sites for hydroxylation is 1. The van der Waals surface area contributed by atoms with Gasteiger partial charge < -0.3 is 9.47 Å². The molecule has 39 heavy (non-hydrogen) atoms. The van der Waals surface area contributed by atoms with E-state index in [0.29, 0.717) is 6.42 Å². The van der Waals surface area contributed by atoms with E-state index in [4.69, 9.17) is 19.3 Å². The fraction of sp³-hybridized carbons (Fsp3) is 0.727. The molecular weight excluding hydrogens is 555 g/mol. The number of hydrogen-bond donors (Lipinski definition) is 2. The molecule has 2 heterocycles. The summed E-state index contributed by atoms with van der Waals surface area (Å²) in [5.41, 5.74) is 7.52. The van der Waals surface area contributed by atoms with Crippen LogP contribution in [-0.4, -0.2) is 65.4 Å². The van der Waals surface area contributed by atoms with Crippen molar-refractivity contribution in [2.45, 2.75) is 65.3 Å². The summed E-state index contributed by atoms with van der Waals surface area (Å²) >= 11 is 1.04. The van der Waals surface area contributed by atoms with E-state index in [1.807, 2.05) is 0 Å². The van der Waals surface area contributed by atoms with E-state index >= 15 is 0 Å². The van der Waals surface area contributed by atoms with Gasteiger partial charge in [-0.15, -0.1) is 0 Å². The van der Waals surface area contributed by atoms with Crippen LogP contribution in [0, 0.1) is 12.3 Å². The van der Waals surface area contributed by atoms with Crippen LogP contribution in [0.5, 0.6) is 0 Å². The zero-order valence-corrected chi connectivity index (χ0v) is 24.3. The molecule has 0 aromatic carbocycles. The summed E-state index contributed by atoms with van der Waals surface area (Å²) in [5, 5.41) is 6.35. The minimum absolute atomic E-state index is 0.0526. The third kappa shape index (κ3) is 10.2. The Morgan fingerprint density at radius 1 is 1.36 bits per heavy atom. The van der Waals surface area contributed by atoms with Gasteiger partial charge in [0.25, 0.3) is 5.56 Å². The second kappa shape index (κ2) is 14.8. The largest absolute Gasteiger partial charge is 0.469 e. The summed E-state index contributed by atoms with van der Waals surface area (Å²) in [7, 11) is -2.69. The van der Waals surface area contributed by atoms with Crippen molar-refractivity contribution < 1.29 is 32.7 Å². The van der Waals surface area contributed by atoms with E-state index in [0.717, 1.165) is 11.8 Å². The Balaban J connectivity index is 2.09. The molecule has 0 saturated carbocycles. The number of azide groups is 1. The number of carbonyl (C=O) groups is 2. The highest BCUT2D eigenvalue weighted by molar-refractivity contribution is 8.13. The monoisotopic (exact) mass is 590 g/mol. The van der Waals surface area contributed by atoms with Crippen molar-refractivity contribution in [2.75, 3.05) is 32.6 Å². The quantitative estimate of drug-likeness (QED) is 0.0805. The van der Waals surface area contributed by atoms with Gasteiger partial charge in [0, 0.05) is 47.2 Å². The summed E-state index contributed by atoms with van der Waals surface area (Å²) < 4.78 is 36.3. The summed E-state index contributed by atoms with van der Waals surface area (Å²) in [6, 6.07) is -0.771. The molecule has 1 aliphatic rings. The van der Waals surface area contributed by atoms with Crippen molar-refractivity contribution in [3.8, 4) is 0 Å². The highest BCUT2D eigenvalue weighted by Gasteiger charge is 2.38. The smallest absolute Gasteiger partial charge is 0.405 e. The lowest BCUT2D eigenvalue weighted by Crippen LogP contribution is -2.33. The molecule has 17 heteroatoms. The summed E-state index contributed by atoms with van der Waals surface area (Å²) in [5.74, 6) is -0.202. The first-order chi connectivity index (χ1) is 18.3. The first kappa shape index (κ1) is 32.8. The molecule has 1 unspecified atom stereocenters. The average molecular weight is 591 g/mol. The Morgan fingerprint density at radius 2 is 2.08 bits per heavy atom. The van der Waals surface area contributed by atoms with E-state index in [2.05, 4.69) is 24.8 Å². The molecule has 1 fully saturated rings. The van der Waals surface area contributed by atoms with Crippen molar-refractivity contribution in [1.29, 1.82) is 0 Å². The molecule has 15 nitrogen and oxygen atoms in total. The van der Waals surface area contributed by atoms with Crippen molar-refractivity contribution in [3.63, 3.8) is 0 Å². The molecule has 0 aliphatic carbocycles.